The first-order valence-corrected chi connectivity index (χ1v) is 9.87. The van der Waals surface area contributed by atoms with E-state index < -0.39 is 0 Å². The predicted octanol–water partition coefficient (Wildman–Crippen LogP) is 2.25. The molecule has 4 aliphatic carbocycles. The van der Waals surface area contributed by atoms with Gasteiger partial charge in [-0.15, -0.1) is 12.4 Å². The highest BCUT2D eigenvalue weighted by atomic mass is 35.5. The lowest BCUT2D eigenvalue weighted by atomic mass is 9.49. The Morgan fingerprint density at radius 1 is 0.880 bits per heavy atom. The van der Waals surface area contributed by atoms with Crippen LogP contribution in [0.3, 0.4) is 0 Å². The van der Waals surface area contributed by atoms with Crippen molar-refractivity contribution in [1.29, 1.82) is 0 Å². The minimum atomic E-state index is -0.102. The number of amides is 2. The van der Waals surface area contributed by atoms with Crippen LogP contribution >= 0.6 is 12.4 Å². The van der Waals surface area contributed by atoms with Crippen molar-refractivity contribution < 1.29 is 9.59 Å². The number of carbonyl (C=O) groups is 2. The molecule has 0 atom stereocenters. The molecule has 4 aliphatic rings. The summed E-state index contributed by atoms with van der Waals surface area (Å²) >= 11 is 0. The summed E-state index contributed by atoms with van der Waals surface area (Å²) in [5.41, 5.74) is -0.102. The molecule has 4 rings (SSSR count). The summed E-state index contributed by atoms with van der Waals surface area (Å²) in [6.45, 7) is 5.03. The van der Waals surface area contributed by atoms with Crippen LogP contribution in [0.2, 0.25) is 0 Å². The monoisotopic (exact) mass is 371 g/mol. The fourth-order valence-corrected chi connectivity index (χ4v) is 5.55. The minimum absolute atomic E-state index is 0. The third-order valence-corrected chi connectivity index (χ3v) is 6.21. The molecule has 4 bridgehead atoms. The van der Waals surface area contributed by atoms with Crippen molar-refractivity contribution in [3.63, 3.8) is 0 Å². The highest BCUT2D eigenvalue weighted by Crippen LogP contribution is 2.60. The molecule has 0 heterocycles. The predicted molar refractivity (Wildman–Crippen MR) is 102 cm³/mol. The highest BCUT2D eigenvalue weighted by molar-refractivity contribution is 5.85. The Bertz CT molecular complexity index is 434. The number of nitrogens with one attached hydrogen (secondary N) is 3. The maximum atomic E-state index is 12.8. The molecular formula is C19H34ClN3O2. The van der Waals surface area contributed by atoms with Gasteiger partial charge in [0.25, 0.3) is 0 Å². The zero-order chi connectivity index (χ0) is 17.0. The van der Waals surface area contributed by atoms with Gasteiger partial charge in [-0.1, -0.05) is 6.92 Å². The van der Waals surface area contributed by atoms with E-state index in [-0.39, 0.29) is 29.6 Å². The SMILES string of the molecule is CCCNCCNC(=O)CCNC(=O)C12CC3CC(CC(C3)C1)C2.Cl. The number of hydrogen-bond acceptors (Lipinski definition) is 3. The second-order valence-electron chi connectivity index (χ2n) is 8.30. The second-order valence-corrected chi connectivity index (χ2v) is 8.30. The van der Waals surface area contributed by atoms with Gasteiger partial charge in [0.15, 0.2) is 0 Å². The van der Waals surface area contributed by atoms with Crippen LogP contribution in [0.5, 0.6) is 0 Å². The molecular weight excluding hydrogens is 338 g/mol. The van der Waals surface area contributed by atoms with Crippen molar-refractivity contribution in [3.05, 3.63) is 0 Å². The van der Waals surface area contributed by atoms with Gasteiger partial charge < -0.3 is 16.0 Å². The van der Waals surface area contributed by atoms with Crippen LogP contribution in [0.25, 0.3) is 0 Å². The van der Waals surface area contributed by atoms with Gasteiger partial charge in [0.2, 0.25) is 11.8 Å². The van der Waals surface area contributed by atoms with E-state index in [9.17, 15) is 9.59 Å². The molecule has 5 nitrogen and oxygen atoms in total. The molecule has 0 radical (unpaired) electrons. The summed E-state index contributed by atoms with van der Waals surface area (Å²) in [6.07, 6.45) is 8.78. The summed E-state index contributed by atoms with van der Waals surface area (Å²) in [6, 6.07) is 0. The van der Waals surface area contributed by atoms with Crippen LogP contribution < -0.4 is 16.0 Å². The van der Waals surface area contributed by atoms with Gasteiger partial charge in [-0.05, 0) is 69.2 Å². The maximum Gasteiger partial charge on any atom is 0.226 e. The molecule has 0 aromatic carbocycles. The third kappa shape index (κ3) is 5.10. The fourth-order valence-electron chi connectivity index (χ4n) is 5.55. The smallest absolute Gasteiger partial charge is 0.226 e. The van der Waals surface area contributed by atoms with Gasteiger partial charge in [0, 0.05) is 31.5 Å². The molecule has 4 saturated carbocycles. The standard InChI is InChI=1S/C19H33N3O2.ClH/c1-2-4-20-6-7-21-17(23)3-5-22-18(24)19-11-14-8-15(12-19)10-16(9-14)13-19;/h14-16,20H,2-13H2,1H3,(H,21,23)(H,22,24);1H. The Kier molecular flexibility index (Phi) is 7.56. The van der Waals surface area contributed by atoms with Gasteiger partial charge in [0.05, 0.1) is 0 Å². The molecule has 0 spiro atoms. The molecule has 6 heteroatoms. The molecule has 0 unspecified atom stereocenters. The van der Waals surface area contributed by atoms with Crippen LogP contribution in [-0.2, 0) is 9.59 Å². The average molecular weight is 372 g/mol. The van der Waals surface area contributed by atoms with Gasteiger partial charge in [-0.3, -0.25) is 9.59 Å². The van der Waals surface area contributed by atoms with Crippen LogP contribution in [0, 0.1) is 23.2 Å². The molecule has 4 fully saturated rings. The Morgan fingerprint density at radius 3 is 2.04 bits per heavy atom. The lowest BCUT2D eigenvalue weighted by molar-refractivity contribution is -0.146. The van der Waals surface area contributed by atoms with Crippen molar-refractivity contribution in [2.24, 2.45) is 23.2 Å². The lowest BCUT2D eigenvalue weighted by Gasteiger charge is -2.55. The number of halogens is 1. The summed E-state index contributed by atoms with van der Waals surface area (Å²) in [5.74, 6) is 2.58. The Hall–Kier alpha value is -0.810. The molecule has 0 aromatic heterocycles. The summed E-state index contributed by atoms with van der Waals surface area (Å²) in [5, 5.41) is 9.22. The summed E-state index contributed by atoms with van der Waals surface area (Å²) < 4.78 is 0. The van der Waals surface area contributed by atoms with Gasteiger partial charge in [-0.2, -0.15) is 0 Å². The van der Waals surface area contributed by atoms with E-state index in [0.717, 1.165) is 56.5 Å². The quantitative estimate of drug-likeness (QED) is 0.544. The molecule has 0 saturated heterocycles. The van der Waals surface area contributed by atoms with E-state index in [0.29, 0.717) is 19.5 Å². The van der Waals surface area contributed by atoms with Gasteiger partial charge >= 0.3 is 0 Å². The van der Waals surface area contributed by atoms with E-state index in [1.54, 1.807) is 0 Å². The number of hydrogen-bond donors (Lipinski definition) is 3. The van der Waals surface area contributed by atoms with E-state index in [4.69, 9.17) is 0 Å². The molecule has 0 aromatic rings. The fraction of sp³-hybridized carbons (Fsp3) is 0.895. The summed E-state index contributed by atoms with van der Waals surface area (Å²) in [7, 11) is 0. The Morgan fingerprint density at radius 2 is 1.48 bits per heavy atom. The highest BCUT2D eigenvalue weighted by Gasteiger charge is 2.54. The second kappa shape index (κ2) is 9.22. The van der Waals surface area contributed by atoms with Crippen molar-refractivity contribution in [2.75, 3.05) is 26.2 Å². The first kappa shape index (κ1) is 20.5. The van der Waals surface area contributed by atoms with Crippen LogP contribution in [0.1, 0.15) is 58.3 Å². The average Bonchev–Trinajstić information content (AvgIpc) is 2.53. The number of carbonyl (C=O) groups excluding carboxylic acids is 2. The molecule has 2 amide bonds. The Labute approximate surface area is 157 Å². The first-order chi connectivity index (χ1) is 11.6. The van der Waals surface area contributed by atoms with E-state index in [2.05, 4.69) is 22.9 Å². The van der Waals surface area contributed by atoms with Crippen molar-refractivity contribution >= 4 is 24.2 Å². The van der Waals surface area contributed by atoms with Crippen LogP contribution in [0.15, 0.2) is 0 Å². The largest absolute Gasteiger partial charge is 0.355 e. The van der Waals surface area contributed by atoms with Gasteiger partial charge in [-0.25, -0.2) is 0 Å². The maximum absolute atomic E-state index is 12.8. The van der Waals surface area contributed by atoms with Crippen molar-refractivity contribution in [1.82, 2.24) is 16.0 Å². The van der Waals surface area contributed by atoms with Crippen molar-refractivity contribution in [2.45, 2.75) is 58.3 Å². The molecule has 3 N–H and O–H groups in total. The molecule has 144 valence electrons. The summed E-state index contributed by atoms with van der Waals surface area (Å²) in [4.78, 5) is 24.6. The van der Waals surface area contributed by atoms with E-state index in [1.165, 1.54) is 19.3 Å². The normalized spacial score (nSPS) is 32.1. The third-order valence-electron chi connectivity index (χ3n) is 6.21. The lowest BCUT2D eigenvalue weighted by Crippen LogP contribution is -2.53. The van der Waals surface area contributed by atoms with Crippen LogP contribution in [-0.4, -0.2) is 38.0 Å². The molecule has 25 heavy (non-hydrogen) atoms. The topological polar surface area (TPSA) is 70.2 Å². The molecule has 0 aliphatic heterocycles. The van der Waals surface area contributed by atoms with E-state index >= 15 is 0 Å². The van der Waals surface area contributed by atoms with Crippen LogP contribution in [0.4, 0.5) is 0 Å². The van der Waals surface area contributed by atoms with Crippen molar-refractivity contribution in [3.8, 4) is 0 Å². The van der Waals surface area contributed by atoms with E-state index in [1.807, 2.05) is 0 Å². The minimum Gasteiger partial charge on any atom is -0.355 e. The number of rotatable bonds is 9. The Balaban J connectivity index is 0.00000225. The zero-order valence-electron chi connectivity index (χ0n) is 15.4. The zero-order valence-corrected chi connectivity index (χ0v) is 16.3. The van der Waals surface area contributed by atoms with Gasteiger partial charge in [0.1, 0.15) is 0 Å². The first-order valence-electron chi connectivity index (χ1n) is 9.87.